The van der Waals surface area contributed by atoms with E-state index in [0.29, 0.717) is 49.3 Å². The lowest BCUT2D eigenvalue weighted by molar-refractivity contribution is -0.140. The predicted molar refractivity (Wildman–Crippen MR) is 144 cm³/mol. The number of likely N-dealkylation sites (N-methyl/N-ethyl adjacent to an activating group) is 1. The Hall–Kier alpha value is -1.92. The first kappa shape index (κ1) is 31.6. The minimum absolute atomic E-state index is 0.127. The maximum atomic E-state index is 13.9. The van der Waals surface area contributed by atoms with Crippen LogP contribution in [0.2, 0.25) is 10.0 Å². The first-order valence-electron chi connectivity index (χ1n) is 12.2. The van der Waals surface area contributed by atoms with Gasteiger partial charge in [0.15, 0.2) is 0 Å². The standard InChI is InChI=1S/C26H31Cl2F4N3O3S/c1-17-15-34(11-12-35(17)39(4,37)38)10-9-25(2,19-6-7-21(27)22(28)14-19)24(36)33(3)16-18-5-8-23(29)20(13-18)26(30,31)32/h5-8,13-14,17H,9-12,15-16H2,1-4H3/t17-,25?/m0/s1. The van der Waals surface area contributed by atoms with Crippen molar-refractivity contribution < 1.29 is 30.8 Å². The van der Waals surface area contributed by atoms with Gasteiger partial charge in [-0.05, 0) is 62.2 Å². The van der Waals surface area contributed by atoms with Crippen LogP contribution in [0.1, 0.15) is 37.0 Å². The quantitative estimate of drug-likeness (QED) is 0.374. The number of carbonyl (C=O) groups excluding carboxylic acids is 1. The van der Waals surface area contributed by atoms with E-state index >= 15 is 0 Å². The third kappa shape index (κ3) is 7.43. The molecule has 1 unspecified atom stereocenters. The van der Waals surface area contributed by atoms with Crippen LogP contribution in [0, 0.1) is 5.82 Å². The van der Waals surface area contributed by atoms with Crippen LogP contribution < -0.4 is 0 Å². The van der Waals surface area contributed by atoms with E-state index in [2.05, 4.69) is 4.90 Å². The largest absolute Gasteiger partial charge is 0.419 e. The number of sulfonamides is 1. The molecule has 13 heteroatoms. The third-order valence-electron chi connectivity index (χ3n) is 7.14. The Morgan fingerprint density at radius 3 is 2.33 bits per heavy atom. The average Bonchev–Trinajstić information content (AvgIpc) is 2.83. The number of rotatable bonds is 8. The van der Waals surface area contributed by atoms with Crippen LogP contribution in [0.5, 0.6) is 0 Å². The van der Waals surface area contributed by atoms with Gasteiger partial charge in [-0.3, -0.25) is 4.79 Å². The van der Waals surface area contributed by atoms with Gasteiger partial charge in [0.25, 0.3) is 0 Å². The Labute approximate surface area is 236 Å². The van der Waals surface area contributed by atoms with Gasteiger partial charge in [-0.15, -0.1) is 0 Å². The van der Waals surface area contributed by atoms with Gasteiger partial charge in [0.1, 0.15) is 5.82 Å². The molecule has 39 heavy (non-hydrogen) atoms. The fourth-order valence-corrected chi connectivity index (χ4v) is 6.39. The van der Waals surface area contributed by atoms with Crippen LogP contribution >= 0.6 is 23.2 Å². The molecule has 1 aliphatic heterocycles. The van der Waals surface area contributed by atoms with Crippen LogP contribution in [-0.2, 0) is 33.0 Å². The van der Waals surface area contributed by atoms with Gasteiger partial charge >= 0.3 is 6.18 Å². The Morgan fingerprint density at radius 2 is 1.77 bits per heavy atom. The van der Waals surface area contributed by atoms with E-state index in [4.69, 9.17) is 23.2 Å². The molecule has 2 atom stereocenters. The second-order valence-electron chi connectivity index (χ2n) is 10.2. The average molecular weight is 613 g/mol. The fourth-order valence-electron chi connectivity index (χ4n) is 4.96. The molecule has 0 aliphatic carbocycles. The molecule has 3 rings (SSSR count). The number of piperazine rings is 1. The zero-order valence-electron chi connectivity index (χ0n) is 22.0. The number of benzene rings is 2. The maximum absolute atomic E-state index is 13.9. The number of amides is 1. The highest BCUT2D eigenvalue weighted by atomic mass is 35.5. The summed E-state index contributed by atoms with van der Waals surface area (Å²) in [5, 5.41) is 0.555. The number of carbonyl (C=O) groups is 1. The van der Waals surface area contributed by atoms with Crippen LogP contribution in [0.4, 0.5) is 17.6 Å². The minimum Gasteiger partial charge on any atom is -0.341 e. The molecule has 0 bridgehead atoms. The molecular weight excluding hydrogens is 581 g/mol. The van der Waals surface area contributed by atoms with E-state index in [9.17, 15) is 30.8 Å². The molecule has 1 saturated heterocycles. The third-order valence-corrected chi connectivity index (χ3v) is 9.27. The van der Waals surface area contributed by atoms with Gasteiger partial charge in [0.2, 0.25) is 15.9 Å². The van der Waals surface area contributed by atoms with Crippen molar-refractivity contribution in [2.24, 2.45) is 0 Å². The minimum atomic E-state index is -4.87. The topological polar surface area (TPSA) is 60.9 Å². The van der Waals surface area contributed by atoms with Crippen molar-refractivity contribution in [1.29, 1.82) is 0 Å². The van der Waals surface area contributed by atoms with E-state index < -0.39 is 33.0 Å². The molecule has 216 valence electrons. The molecule has 0 N–H and O–H groups in total. The van der Waals surface area contributed by atoms with E-state index in [1.165, 1.54) is 28.6 Å². The van der Waals surface area contributed by atoms with Crippen molar-refractivity contribution in [1.82, 2.24) is 14.1 Å². The summed E-state index contributed by atoms with van der Waals surface area (Å²) >= 11 is 12.4. The van der Waals surface area contributed by atoms with E-state index in [0.717, 1.165) is 6.07 Å². The van der Waals surface area contributed by atoms with E-state index in [1.807, 2.05) is 6.92 Å². The molecule has 1 amide bonds. The summed E-state index contributed by atoms with van der Waals surface area (Å²) in [6, 6.07) is 7.28. The summed E-state index contributed by atoms with van der Waals surface area (Å²) in [7, 11) is -1.86. The molecule has 0 radical (unpaired) electrons. The lowest BCUT2D eigenvalue weighted by Gasteiger charge is -2.40. The zero-order chi connectivity index (χ0) is 29.3. The second kappa shape index (κ2) is 11.9. The molecule has 1 aliphatic rings. The number of hydrogen-bond donors (Lipinski definition) is 0. The van der Waals surface area contributed by atoms with Crippen molar-refractivity contribution in [3.05, 3.63) is 69.0 Å². The van der Waals surface area contributed by atoms with Gasteiger partial charge in [-0.2, -0.15) is 17.5 Å². The molecule has 0 saturated carbocycles. The normalized spacial score (nSPS) is 19.1. The van der Waals surface area contributed by atoms with Crippen LogP contribution in [-0.4, -0.2) is 74.0 Å². The summed E-state index contributed by atoms with van der Waals surface area (Å²) in [6.45, 7) is 5.11. The lowest BCUT2D eigenvalue weighted by Crippen LogP contribution is -2.54. The SMILES string of the molecule is C[C@H]1CN(CCC(C)(C(=O)N(C)Cc2ccc(F)c(C(F)(F)F)c2)c2ccc(Cl)c(Cl)c2)CCN1S(C)(=O)=O. The van der Waals surface area contributed by atoms with Crippen LogP contribution in [0.3, 0.4) is 0 Å². The summed E-state index contributed by atoms with van der Waals surface area (Å²) in [4.78, 5) is 17.3. The zero-order valence-corrected chi connectivity index (χ0v) is 24.4. The number of alkyl halides is 3. The van der Waals surface area contributed by atoms with Crippen LogP contribution in [0.25, 0.3) is 0 Å². The Bertz CT molecular complexity index is 1330. The fraction of sp³-hybridized carbons (Fsp3) is 0.500. The molecule has 0 aromatic heterocycles. The van der Waals surface area contributed by atoms with Gasteiger partial charge in [0.05, 0.1) is 27.3 Å². The monoisotopic (exact) mass is 611 g/mol. The molecule has 6 nitrogen and oxygen atoms in total. The van der Waals surface area contributed by atoms with Gasteiger partial charge < -0.3 is 9.80 Å². The highest BCUT2D eigenvalue weighted by Gasteiger charge is 2.40. The molecule has 0 spiro atoms. The van der Waals surface area contributed by atoms with E-state index in [1.54, 1.807) is 25.1 Å². The number of halogens is 6. The maximum Gasteiger partial charge on any atom is 0.419 e. The van der Waals surface area contributed by atoms with Crippen molar-refractivity contribution >= 4 is 39.1 Å². The van der Waals surface area contributed by atoms with Gasteiger partial charge in [-0.25, -0.2) is 12.8 Å². The summed E-state index contributed by atoms with van der Waals surface area (Å²) in [5.41, 5.74) is -1.84. The van der Waals surface area contributed by atoms with Crippen molar-refractivity contribution in [3.8, 4) is 0 Å². The second-order valence-corrected chi connectivity index (χ2v) is 13.0. The first-order chi connectivity index (χ1) is 17.9. The number of hydrogen-bond acceptors (Lipinski definition) is 4. The summed E-state index contributed by atoms with van der Waals surface area (Å²) in [6.07, 6.45) is -3.37. The molecule has 2 aromatic rings. The summed E-state index contributed by atoms with van der Waals surface area (Å²) < 4.78 is 78.9. The Balaban J connectivity index is 1.85. The highest BCUT2D eigenvalue weighted by Crippen LogP contribution is 2.36. The smallest absolute Gasteiger partial charge is 0.341 e. The van der Waals surface area contributed by atoms with Crippen LogP contribution in [0.15, 0.2) is 36.4 Å². The highest BCUT2D eigenvalue weighted by molar-refractivity contribution is 7.88. The lowest BCUT2D eigenvalue weighted by atomic mass is 9.77. The number of nitrogens with zero attached hydrogens (tertiary/aromatic N) is 3. The van der Waals surface area contributed by atoms with Crippen molar-refractivity contribution in [2.75, 3.05) is 39.5 Å². The van der Waals surface area contributed by atoms with Crippen molar-refractivity contribution in [3.63, 3.8) is 0 Å². The van der Waals surface area contributed by atoms with Gasteiger partial charge in [-0.1, -0.05) is 35.3 Å². The van der Waals surface area contributed by atoms with E-state index in [-0.39, 0.29) is 29.1 Å². The summed E-state index contributed by atoms with van der Waals surface area (Å²) in [5.74, 6) is -1.76. The first-order valence-corrected chi connectivity index (χ1v) is 14.8. The van der Waals surface area contributed by atoms with Gasteiger partial charge in [0, 0.05) is 39.3 Å². The Kier molecular flexibility index (Phi) is 9.64. The molecular formula is C26H31Cl2F4N3O3S. The van der Waals surface area contributed by atoms with Crippen molar-refractivity contribution in [2.45, 2.75) is 44.4 Å². The molecule has 1 fully saturated rings. The predicted octanol–water partition coefficient (Wildman–Crippen LogP) is 5.42. The Morgan fingerprint density at radius 1 is 1.10 bits per heavy atom. The molecule has 1 heterocycles. The molecule has 2 aromatic carbocycles.